The Labute approximate surface area is 140 Å². The third kappa shape index (κ3) is 3.48. The van der Waals surface area contributed by atoms with Gasteiger partial charge in [-0.15, -0.1) is 0 Å². The fraction of sp³-hybridized carbons (Fsp3) is 0.250. The van der Waals surface area contributed by atoms with Gasteiger partial charge in [0.05, 0.1) is 6.04 Å². The summed E-state index contributed by atoms with van der Waals surface area (Å²) >= 11 is 0. The fourth-order valence-corrected chi connectivity index (χ4v) is 2.74. The van der Waals surface area contributed by atoms with E-state index in [4.69, 9.17) is 4.42 Å². The predicted molar refractivity (Wildman–Crippen MR) is 92.1 cm³/mol. The van der Waals surface area contributed by atoms with Gasteiger partial charge in [0.2, 0.25) is 5.91 Å². The summed E-state index contributed by atoms with van der Waals surface area (Å²) in [6.45, 7) is 1.94. The Morgan fingerprint density at radius 2 is 1.96 bits per heavy atom. The number of benzene rings is 2. The second-order valence-electron chi connectivity index (χ2n) is 6.00. The van der Waals surface area contributed by atoms with Gasteiger partial charge in [-0.25, -0.2) is 4.39 Å². The molecule has 3 nitrogen and oxygen atoms in total. The van der Waals surface area contributed by atoms with Crippen molar-refractivity contribution < 1.29 is 13.6 Å². The zero-order chi connectivity index (χ0) is 17.1. The highest BCUT2D eigenvalue weighted by atomic mass is 19.1. The van der Waals surface area contributed by atoms with E-state index < -0.39 is 0 Å². The Morgan fingerprint density at radius 1 is 1.17 bits per heavy atom. The van der Waals surface area contributed by atoms with E-state index in [9.17, 15) is 9.18 Å². The molecule has 1 amide bonds. The van der Waals surface area contributed by atoms with Gasteiger partial charge in [-0.05, 0) is 43.2 Å². The molecule has 124 valence electrons. The lowest BCUT2D eigenvalue weighted by molar-refractivity contribution is -0.132. The number of hydrogen-bond donors (Lipinski definition) is 0. The van der Waals surface area contributed by atoms with Crippen LogP contribution >= 0.6 is 0 Å². The lowest BCUT2D eigenvalue weighted by Gasteiger charge is -2.23. The maximum absolute atomic E-state index is 13.2. The number of fused-ring (bicyclic) bond motifs is 1. The van der Waals surface area contributed by atoms with Crippen molar-refractivity contribution in [3.63, 3.8) is 0 Å². The lowest BCUT2D eigenvalue weighted by Crippen LogP contribution is -2.29. The van der Waals surface area contributed by atoms with E-state index in [0.29, 0.717) is 12.8 Å². The number of carbonyl (C=O) groups excluding carboxylic acids is 1. The van der Waals surface area contributed by atoms with Crippen LogP contribution in [0.3, 0.4) is 0 Å². The maximum Gasteiger partial charge on any atom is 0.223 e. The molecule has 2 aromatic carbocycles. The molecule has 0 saturated heterocycles. The monoisotopic (exact) mass is 325 g/mol. The van der Waals surface area contributed by atoms with Gasteiger partial charge >= 0.3 is 0 Å². The van der Waals surface area contributed by atoms with E-state index in [0.717, 1.165) is 22.3 Å². The summed E-state index contributed by atoms with van der Waals surface area (Å²) in [4.78, 5) is 14.1. The first kappa shape index (κ1) is 16.2. The summed E-state index contributed by atoms with van der Waals surface area (Å²) in [6, 6.07) is 16.0. The minimum atomic E-state index is -0.274. The molecular formula is C20H20FNO2. The Morgan fingerprint density at radius 3 is 2.71 bits per heavy atom. The molecule has 0 spiro atoms. The number of amides is 1. The number of carbonyl (C=O) groups is 1. The van der Waals surface area contributed by atoms with E-state index >= 15 is 0 Å². The molecule has 0 radical (unpaired) electrons. The lowest BCUT2D eigenvalue weighted by atomic mass is 10.1. The molecule has 1 aromatic heterocycles. The first-order chi connectivity index (χ1) is 11.5. The second-order valence-corrected chi connectivity index (χ2v) is 6.00. The summed E-state index contributed by atoms with van der Waals surface area (Å²) in [5.74, 6) is 0.494. The molecule has 0 N–H and O–H groups in total. The van der Waals surface area contributed by atoms with Crippen molar-refractivity contribution in [2.24, 2.45) is 0 Å². The average Bonchev–Trinajstić information content (AvgIpc) is 3.02. The van der Waals surface area contributed by atoms with E-state index in [2.05, 4.69) is 0 Å². The summed E-state index contributed by atoms with van der Waals surface area (Å²) in [7, 11) is 1.77. The molecule has 0 bridgehead atoms. The molecule has 0 aliphatic heterocycles. The Hall–Kier alpha value is -2.62. The van der Waals surface area contributed by atoms with Gasteiger partial charge < -0.3 is 9.32 Å². The molecule has 4 heteroatoms. The van der Waals surface area contributed by atoms with Gasteiger partial charge in [0.15, 0.2) is 0 Å². The quantitative estimate of drug-likeness (QED) is 0.680. The summed E-state index contributed by atoms with van der Waals surface area (Å²) in [5.41, 5.74) is 1.65. The van der Waals surface area contributed by atoms with Gasteiger partial charge in [-0.2, -0.15) is 0 Å². The van der Waals surface area contributed by atoms with Crippen LogP contribution in [0.1, 0.15) is 30.7 Å². The zero-order valence-corrected chi connectivity index (χ0v) is 13.8. The molecule has 1 atom stereocenters. The van der Waals surface area contributed by atoms with Gasteiger partial charge in [-0.3, -0.25) is 4.79 Å². The zero-order valence-electron chi connectivity index (χ0n) is 13.8. The SMILES string of the molecule is C[C@@H](c1cc2ccccc2o1)N(C)C(=O)CCc1cccc(F)c1. The van der Waals surface area contributed by atoms with Crippen LogP contribution in [-0.2, 0) is 11.2 Å². The highest BCUT2D eigenvalue weighted by Gasteiger charge is 2.20. The number of nitrogens with zero attached hydrogens (tertiary/aromatic N) is 1. The molecule has 0 aliphatic rings. The molecule has 0 aliphatic carbocycles. The van der Waals surface area contributed by atoms with Crippen LogP contribution in [-0.4, -0.2) is 17.9 Å². The molecule has 0 fully saturated rings. The summed E-state index contributed by atoms with van der Waals surface area (Å²) in [6.07, 6.45) is 0.859. The normalized spacial score (nSPS) is 12.3. The summed E-state index contributed by atoms with van der Waals surface area (Å²) < 4.78 is 19.0. The Kier molecular flexibility index (Phi) is 4.65. The highest BCUT2D eigenvalue weighted by molar-refractivity contribution is 5.79. The van der Waals surface area contributed by atoms with E-state index in [1.165, 1.54) is 12.1 Å². The van der Waals surface area contributed by atoms with Crippen LogP contribution in [0.4, 0.5) is 4.39 Å². The number of halogens is 1. The van der Waals surface area contributed by atoms with E-state index in [1.54, 1.807) is 18.0 Å². The molecule has 0 unspecified atom stereocenters. The van der Waals surface area contributed by atoms with Crippen LogP contribution in [0, 0.1) is 5.82 Å². The fourth-order valence-electron chi connectivity index (χ4n) is 2.74. The van der Waals surface area contributed by atoms with Crippen molar-refractivity contribution in [1.82, 2.24) is 4.90 Å². The van der Waals surface area contributed by atoms with Crippen molar-refractivity contribution in [1.29, 1.82) is 0 Å². The standard InChI is InChI=1S/C20H20FNO2/c1-14(19-13-16-7-3-4-9-18(16)24-19)22(2)20(23)11-10-15-6-5-8-17(21)12-15/h3-9,12-14H,10-11H2,1-2H3/t14-/m0/s1. The number of hydrogen-bond acceptors (Lipinski definition) is 2. The Bertz CT molecular complexity index is 822. The van der Waals surface area contributed by atoms with Crippen LogP contribution in [0.5, 0.6) is 0 Å². The smallest absolute Gasteiger partial charge is 0.223 e. The minimum absolute atomic E-state index is 0.00668. The molecular weight excluding hydrogens is 305 g/mol. The number of para-hydroxylation sites is 1. The Balaban J connectivity index is 1.66. The number of rotatable bonds is 5. The summed E-state index contributed by atoms with van der Waals surface area (Å²) in [5, 5.41) is 1.03. The van der Waals surface area contributed by atoms with Crippen LogP contribution < -0.4 is 0 Å². The van der Waals surface area contributed by atoms with Crippen molar-refractivity contribution in [2.75, 3.05) is 7.05 Å². The van der Waals surface area contributed by atoms with Crippen LogP contribution in [0.2, 0.25) is 0 Å². The number of furan rings is 1. The van der Waals surface area contributed by atoms with Crippen molar-refractivity contribution in [3.8, 4) is 0 Å². The molecule has 3 rings (SSSR count). The van der Waals surface area contributed by atoms with Crippen LogP contribution in [0.15, 0.2) is 59.0 Å². The topological polar surface area (TPSA) is 33.5 Å². The molecule has 1 heterocycles. The maximum atomic E-state index is 13.2. The van der Waals surface area contributed by atoms with Crippen molar-refractivity contribution in [3.05, 3.63) is 71.7 Å². The third-order valence-electron chi connectivity index (χ3n) is 4.35. The van der Waals surface area contributed by atoms with Gasteiger partial charge in [0, 0.05) is 18.9 Å². The van der Waals surface area contributed by atoms with Crippen molar-refractivity contribution >= 4 is 16.9 Å². The minimum Gasteiger partial charge on any atom is -0.459 e. The van der Waals surface area contributed by atoms with E-state index in [1.807, 2.05) is 43.3 Å². The first-order valence-corrected chi connectivity index (χ1v) is 8.03. The van der Waals surface area contributed by atoms with Gasteiger partial charge in [0.1, 0.15) is 17.2 Å². The highest BCUT2D eigenvalue weighted by Crippen LogP contribution is 2.27. The molecule has 24 heavy (non-hydrogen) atoms. The van der Waals surface area contributed by atoms with Crippen molar-refractivity contribution in [2.45, 2.75) is 25.8 Å². The van der Waals surface area contributed by atoms with Gasteiger partial charge in [0.25, 0.3) is 0 Å². The largest absolute Gasteiger partial charge is 0.459 e. The second kappa shape index (κ2) is 6.87. The third-order valence-corrected chi connectivity index (χ3v) is 4.35. The van der Waals surface area contributed by atoms with Gasteiger partial charge in [-0.1, -0.05) is 30.3 Å². The van der Waals surface area contributed by atoms with Crippen LogP contribution in [0.25, 0.3) is 11.0 Å². The van der Waals surface area contributed by atoms with E-state index in [-0.39, 0.29) is 17.8 Å². The predicted octanol–water partition coefficient (Wildman–Crippen LogP) is 4.72. The molecule has 0 saturated carbocycles. The number of aryl methyl sites for hydroxylation is 1. The first-order valence-electron chi connectivity index (χ1n) is 8.03. The average molecular weight is 325 g/mol. The molecule has 3 aromatic rings.